The first-order valence-corrected chi connectivity index (χ1v) is 4.08. The number of hydrogen-bond donors (Lipinski definition) is 1. The van der Waals surface area contributed by atoms with Gasteiger partial charge in [-0.3, -0.25) is 4.79 Å². The lowest BCUT2D eigenvalue weighted by Crippen LogP contribution is -2.15. The van der Waals surface area contributed by atoms with Gasteiger partial charge in [0.25, 0.3) is 5.56 Å². The first-order chi connectivity index (χ1) is 6.59. The van der Waals surface area contributed by atoms with Crippen LogP contribution in [0.5, 0.6) is 5.75 Å². The molecule has 0 saturated carbocycles. The maximum absolute atomic E-state index is 12.9. The lowest BCUT2D eigenvalue weighted by molar-refractivity contribution is 0.479. The van der Waals surface area contributed by atoms with Crippen molar-refractivity contribution in [3.8, 4) is 5.75 Å². The zero-order valence-corrected chi connectivity index (χ0v) is 7.49. The summed E-state index contributed by atoms with van der Waals surface area (Å²) in [6.07, 6.45) is 0. The van der Waals surface area contributed by atoms with Crippen molar-refractivity contribution in [2.24, 2.45) is 7.05 Å². The molecule has 72 valence electrons. The second-order valence-corrected chi connectivity index (χ2v) is 3.09. The van der Waals surface area contributed by atoms with Gasteiger partial charge in [0.05, 0.1) is 5.52 Å². The summed E-state index contributed by atoms with van der Waals surface area (Å²) in [5.41, 5.74) is 0.0237. The molecule has 2 rings (SSSR count). The van der Waals surface area contributed by atoms with E-state index < -0.39 is 5.82 Å². The lowest BCUT2D eigenvalue weighted by Gasteiger charge is -2.05. The van der Waals surface area contributed by atoms with Crippen LogP contribution >= 0.6 is 0 Å². The fraction of sp³-hybridized carbons (Fsp3) is 0.100. The summed E-state index contributed by atoms with van der Waals surface area (Å²) in [7, 11) is 1.53. The average molecular weight is 193 g/mol. The smallest absolute Gasteiger partial charge is 0.254 e. The second-order valence-electron chi connectivity index (χ2n) is 3.09. The third-order valence-corrected chi connectivity index (χ3v) is 2.19. The molecule has 0 fully saturated rings. The van der Waals surface area contributed by atoms with Crippen LogP contribution in [0.3, 0.4) is 0 Å². The quantitative estimate of drug-likeness (QED) is 0.686. The van der Waals surface area contributed by atoms with Crippen molar-refractivity contribution < 1.29 is 9.50 Å². The van der Waals surface area contributed by atoms with E-state index in [0.29, 0.717) is 10.9 Å². The normalized spacial score (nSPS) is 10.7. The average Bonchev–Trinajstić information content (AvgIpc) is 2.14. The molecule has 1 heterocycles. The van der Waals surface area contributed by atoms with Crippen molar-refractivity contribution in [1.29, 1.82) is 0 Å². The minimum Gasteiger partial charge on any atom is -0.507 e. The molecular formula is C10H8FNO2. The predicted octanol–water partition coefficient (Wildman–Crippen LogP) is 1.38. The van der Waals surface area contributed by atoms with Crippen LogP contribution < -0.4 is 5.56 Å². The molecule has 0 unspecified atom stereocenters. The summed E-state index contributed by atoms with van der Waals surface area (Å²) in [6, 6.07) is 5.02. The molecule has 0 bridgehead atoms. The van der Waals surface area contributed by atoms with E-state index >= 15 is 0 Å². The monoisotopic (exact) mass is 193 g/mol. The Labute approximate surface area is 79.0 Å². The Morgan fingerprint density at radius 3 is 2.79 bits per heavy atom. The van der Waals surface area contributed by atoms with Crippen LogP contribution in [-0.2, 0) is 7.05 Å². The van der Waals surface area contributed by atoms with Gasteiger partial charge < -0.3 is 9.67 Å². The standard InChI is InChI=1S/C10H8FNO2/c1-12-8-4-6(11)2-3-7(8)9(13)5-10(12)14/h2-5,13H,1H3. The molecule has 0 radical (unpaired) electrons. The van der Waals surface area contributed by atoms with Crippen LogP contribution in [0.25, 0.3) is 10.9 Å². The van der Waals surface area contributed by atoms with E-state index in [1.165, 1.54) is 29.8 Å². The number of halogens is 1. The Kier molecular flexibility index (Phi) is 1.77. The summed E-state index contributed by atoms with van der Waals surface area (Å²) in [6.45, 7) is 0. The highest BCUT2D eigenvalue weighted by Crippen LogP contribution is 2.22. The summed E-state index contributed by atoms with van der Waals surface area (Å²) in [4.78, 5) is 11.2. The number of nitrogens with zero attached hydrogens (tertiary/aromatic N) is 1. The van der Waals surface area contributed by atoms with Crippen molar-refractivity contribution in [2.45, 2.75) is 0 Å². The minimum absolute atomic E-state index is 0.122. The van der Waals surface area contributed by atoms with Gasteiger partial charge in [0.1, 0.15) is 11.6 Å². The number of benzene rings is 1. The van der Waals surface area contributed by atoms with Gasteiger partial charge in [0.15, 0.2) is 0 Å². The SMILES string of the molecule is Cn1c(=O)cc(O)c2ccc(F)cc21. The Bertz CT molecular complexity index is 560. The van der Waals surface area contributed by atoms with E-state index in [9.17, 15) is 14.3 Å². The minimum atomic E-state index is -0.432. The largest absolute Gasteiger partial charge is 0.507 e. The molecule has 0 aliphatic heterocycles. The highest BCUT2D eigenvalue weighted by molar-refractivity contribution is 5.84. The van der Waals surface area contributed by atoms with Crippen LogP contribution in [0.4, 0.5) is 4.39 Å². The molecule has 0 spiro atoms. The number of aryl methyl sites for hydroxylation is 1. The highest BCUT2D eigenvalue weighted by atomic mass is 19.1. The number of rotatable bonds is 0. The van der Waals surface area contributed by atoms with E-state index in [-0.39, 0.29) is 11.3 Å². The summed E-state index contributed by atoms with van der Waals surface area (Å²) >= 11 is 0. The molecule has 3 nitrogen and oxygen atoms in total. The van der Waals surface area contributed by atoms with Crippen molar-refractivity contribution in [3.05, 3.63) is 40.4 Å². The first-order valence-electron chi connectivity index (χ1n) is 4.08. The predicted molar refractivity (Wildman–Crippen MR) is 50.8 cm³/mol. The van der Waals surface area contributed by atoms with E-state index in [2.05, 4.69) is 0 Å². The van der Waals surface area contributed by atoms with Crippen LogP contribution in [-0.4, -0.2) is 9.67 Å². The summed E-state index contributed by atoms with van der Waals surface area (Å²) < 4.78 is 14.2. The summed E-state index contributed by atoms with van der Waals surface area (Å²) in [5, 5.41) is 9.90. The third kappa shape index (κ3) is 1.16. The molecule has 0 aliphatic rings. The van der Waals surface area contributed by atoms with Gasteiger partial charge in [-0.1, -0.05) is 0 Å². The van der Waals surface area contributed by atoms with Crippen molar-refractivity contribution in [1.82, 2.24) is 4.57 Å². The fourth-order valence-electron chi connectivity index (χ4n) is 1.41. The third-order valence-electron chi connectivity index (χ3n) is 2.19. The molecular weight excluding hydrogens is 185 g/mol. The number of aromatic nitrogens is 1. The molecule has 0 aliphatic carbocycles. The van der Waals surface area contributed by atoms with Gasteiger partial charge in [-0.25, -0.2) is 4.39 Å². The molecule has 14 heavy (non-hydrogen) atoms. The van der Waals surface area contributed by atoms with Crippen LogP contribution in [0, 0.1) is 5.82 Å². The first kappa shape index (κ1) is 8.74. The van der Waals surface area contributed by atoms with Gasteiger partial charge in [0, 0.05) is 18.5 Å². The maximum atomic E-state index is 12.9. The molecule has 2 aromatic rings. The highest BCUT2D eigenvalue weighted by Gasteiger charge is 2.05. The molecule has 0 atom stereocenters. The Balaban J connectivity index is 3.03. The van der Waals surface area contributed by atoms with Gasteiger partial charge >= 0.3 is 0 Å². The van der Waals surface area contributed by atoms with Crippen LogP contribution in [0.15, 0.2) is 29.1 Å². The zero-order chi connectivity index (χ0) is 10.3. The fourth-order valence-corrected chi connectivity index (χ4v) is 1.41. The number of fused-ring (bicyclic) bond motifs is 1. The van der Waals surface area contributed by atoms with Gasteiger partial charge in [-0.15, -0.1) is 0 Å². The van der Waals surface area contributed by atoms with Crippen LogP contribution in [0.2, 0.25) is 0 Å². The molecule has 4 heteroatoms. The Morgan fingerprint density at radius 1 is 1.36 bits per heavy atom. The number of hydrogen-bond acceptors (Lipinski definition) is 2. The summed E-state index contributed by atoms with van der Waals surface area (Å²) in [5.74, 6) is -0.554. The van der Waals surface area contributed by atoms with Crippen molar-refractivity contribution in [2.75, 3.05) is 0 Å². The van der Waals surface area contributed by atoms with E-state index in [4.69, 9.17) is 0 Å². The van der Waals surface area contributed by atoms with Gasteiger partial charge in [-0.05, 0) is 18.2 Å². The van der Waals surface area contributed by atoms with Crippen molar-refractivity contribution in [3.63, 3.8) is 0 Å². The Hall–Kier alpha value is -1.84. The second kappa shape index (κ2) is 2.83. The molecule has 1 aromatic heterocycles. The van der Waals surface area contributed by atoms with E-state index in [1.54, 1.807) is 0 Å². The van der Waals surface area contributed by atoms with E-state index in [0.717, 1.165) is 6.07 Å². The maximum Gasteiger partial charge on any atom is 0.254 e. The van der Waals surface area contributed by atoms with Gasteiger partial charge in [0.2, 0.25) is 0 Å². The molecule has 0 saturated heterocycles. The number of pyridine rings is 1. The Morgan fingerprint density at radius 2 is 2.07 bits per heavy atom. The topological polar surface area (TPSA) is 42.2 Å². The van der Waals surface area contributed by atoms with Crippen molar-refractivity contribution >= 4 is 10.9 Å². The number of aromatic hydroxyl groups is 1. The lowest BCUT2D eigenvalue weighted by atomic mass is 10.2. The van der Waals surface area contributed by atoms with Gasteiger partial charge in [-0.2, -0.15) is 0 Å². The zero-order valence-electron chi connectivity index (χ0n) is 7.49. The van der Waals surface area contributed by atoms with Crippen LogP contribution in [0.1, 0.15) is 0 Å². The molecule has 1 N–H and O–H groups in total. The molecule has 0 amide bonds. The van der Waals surface area contributed by atoms with E-state index in [1.807, 2.05) is 0 Å². The molecule has 1 aromatic carbocycles.